The molecule has 0 unspecified atom stereocenters. The van der Waals surface area contributed by atoms with Crippen molar-refractivity contribution in [1.82, 2.24) is 4.72 Å². The van der Waals surface area contributed by atoms with Gasteiger partial charge in [-0.15, -0.1) is 0 Å². The fraction of sp³-hybridized carbons (Fsp3) is 0.500. The van der Waals surface area contributed by atoms with Gasteiger partial charge in [-0.25, -0.2) is 13.1 Å². The summed E-state index contributed by atoms with van der Waals surface area (Å²) in [5.74, 6) is 1.12. The maximum Gasteiger partial charge on any atom is 0.241 e. The van der Waals surface area contributed by atoms with Crippen LogP contribution in [0.4, 0.5) is 0 Å². The molecule has 0 aromatic heterocycles. The normalized spacial score (nSPS) is 18.7. The Hall–Kier alpha value is -1.27. The van der Waals surface area contributed by atoms with Gasteiger partial charge < -0.3 is 9.47 Å². The number of hydrogen-bond donors (Lipinski definition) is 1. The molecule has 1 aromatic rings. The van der Waals surface area contributed by atoms with E-state index in [1.807, 2.05) is 0 Å². The van der Waals surface area contributed by atoms with Gasteiger partial charge in [-0.1, -0.05) is 0 Å². The smallest absolute Gasteiger partial charge is 0.241 e. The van der Waals surface area contributed by atoms with Crippen molar-refractivity contribution >= 4 is 10.0 Å². The monoisotopic (exact) mass is 269 g/mol. The number of aryl methyl sites for hydroxylation is 1. The average Bonchev–Trinajstić information content (AvgIpc) is 3.11. The van der Waals surface area contributed by atoms with Crippen molar-refractivity contribution in [1.29, 1.82) is 0 Å². The number of nitrogens with one attached hydrogen (secondary N) is 1. The lowest BCUT2D eigenvalue weighted by Crippen LogP contribution is -2.26. The van der Waals surface area contributed by atoms with Crippen molar-refractivity contribution < 1.29 is 17.9 Å². The molecular weight excluding hydrogens is 254 g/mol. The largest absolute Gasteiger partial charge is 0.486 e. The Morgan fingerprint density at radius 3 is 2.39 bits per heavy atom. The molecule has 1 saturated carbocycles. The van der Waals surface area contributed by atoms with Crippen LogP contribution in [0.2, 0.25) is 0 Å². The molecule has 18 heavy (non-hydrogen) atoms. The van der Waals surface area contributed by atoms with Crippen LogP contribution in [-0.2, 0) is 10.0 Å². The summed E-state index contributed by atoms with van der Waals surface area (Å²) in [7, 11) is -3.45. The Labute approximate surface area is 106 Å². The second-order valence-electron chi connectivity index (χ2n) is 4.66. The highest BCUT2D eigenvalue weighted by atomic mass is 32.2. The number of ether oxygens (including phenoxy) is 2. The van der Waals surface area contributed by atoms with Crippen molar-refractivity contribution in [3.63, 3.8) is 0 Å². The molecule has 2 aliphatic rings. The third-order valence-electron chi connectivity index (χ3n) is 3.03. The van der Waals surface area contributed by atoms with Crippen molar-refractivity contribution in [2.75, 3.05) is 13.2 Å². The summed E-state index contributed by atoms with van der Waals surface area (Å²) in [6, 6.07) is 3.37. The van der Waals surface area contributed by atoms with Gasteiger partial charge in [-0.3, -0.25) is 0 Å². The highest BCUT2D eigenvalue weighted by Gasteiger charge is 2.30. The molecule has 0 spiro atoms. The van der Waals surface area contributed by atoms with Crippen LogP contribution in [0.15, 0.2) is 17.0 Å². The van der Waals surface area contributed by atoms with E-state index in [2.05, 4.69) is 4.72 Å². The molecule has 6 heteroatoms. The summed E-state index contributed by atoms with van der Waals surface area (Å²) < 4.78 is 37.9. The van der Waals surface area contributed by atoms with Gasteiger partial charge in [-0.05, 0) is 31.4 Å². The zero-order chi connectivity index (χ0) is 12.8. The molecule has 0 bridgehead atoms. The first-order valence-electron chi connectivity index (χ1n) is 5.99. The zero-order valence-electron chi connectivity index (χ0n) is 10.1. The summed E-state index contributed by atoms with van der Waals surface area (Å²) >= 11 is 0. The molecule has 98 valence electrons. The van der Waals surface area contributed by atoms with E-state index in [0.29, 0.717) is 30.3 Å². The highest BCUT2D eigenvalue weighted by molar-refractivity contribution is 7.89. The molecule has 0 saturated heterocycles. The van der Waals surface area contributed by atoms with Gasteiger partial charge in [0, 0.05) is 12.1 Å². The Kier molecular flexibility index (Phi) is 2.71. The molecule has 0 amide bonds. The van der Waals surface area contributed by atoms with E-state index in [0.717, 1.165) is 12.8 Å². The topological polar surface area (TPSA) is 64.6 Å². The Morgan fingerprint density at radius 2 is 1.78 bits per heavy atom. The van der Waals surface area contributed by atoms with Crippen molar-refractivity contribution in [2.45, 2.75) is 30.7 Å². The molecule has 3 rings (SSSR count). The molecule has 1 fully saturated rings. The minimum Gasteiger partial charge on any atom is -0.486 e. The lowest BCUT2D eigenvalue weighted by atomic mass is 10.2. The number of fused-ring (bicyclic) bond motifs is 1. The molecule has 1 heterocycles. The van der Waals surface area contributed by atoms with E-state index in [9.17, 15) is 8.42 Å². The average molecular weight is 269 g/mol. The number of sulfonamides is 1. The van der Waals surface area contributed by atoms with Gasteiger partial charge in [0.2, 0.25) is 10.0 Å². The Balaban J connectivity index is 2.00. The van der Waals surface area contributed by atoms with Crippen molar-refractivity contribution in [3.8, 4) is 11.5 Å². The van der Waals surface area contributed by atoms with E-state index >= 15 is 0 Å². The van der Waals surface area contributed by atoms with E-state index in [1.54, 1.807) is 19.1 Å². The Morgan fingerprint density at radius 1 is 1.17 bits per heavy atom. The molecule has 1 N–H and O–H groups in total. The van der Waals surface area contributed by atoms with Crippen LogP contribution in [0.5, 0.6) is 11.5 Å². The lowest BCUT2D eigenvalue weighted by Gasteiger charge is -2.20. The van der Waals surface area contributed by atoms with E-state index in [4.69, 9.17) is 9.47 Å². The molecule has 1 aliphatic carbocycles. The molecule has 0 atom stereocenters. The highest BCUT2D eigenvalue weighted by Crippen LogP contribution is 2.35. The van der Waals surface area contributed by atoms with Crippen LogP contribution in [0, 0.1) is 6.92 Å². The second kappa shape index (κ2) is 4.13. The SMILES string of the molecule is Cc1cc2c(cc1S(=O)(=O)NC1CC1)OCCO2. The van der Waals surface area contributed by atoms with Crippen LogP contribution in [0.1, 0.15) is 18.4 Å². The first kappa shape index (κ1) is 11.8. The molecule has 1 aromatic carbocycles. The summed E-state index contributed by atoms with van der Waals surface area (Å²) in [5, 5.41) is 0. The van der Waals surface area contributed by atoms with E-state index in [-0.39, 0.29) is 10.9 Å². The van der Waals surface area contributed by atoms with Crippen LogP contribution >= 0.6 is 0 Å². The minimum absolute atomic E-state index is 0.0996. The van der Waals surface area contributed by atoms with Gasteiger partial charge in [-0.2, -0.15) is 0 Å². The molecule has 1 aliphatic heterocycles. The molecule has 5 nitrogen and oxygen atoms in total. The van der Waals surface area contributed by atoms with Crippen molar-refractivity contribution in [3.05, 3.63) is 17.7 Å². The van der Waals surface area contributed by atoms with Gasteiger partial charge in [0.1, 0.15) is 13.2 Å². The summed E-state index contributed by atoms with van der Waals surface area (Å²) in [4.78, 5) is 0.277. The number of rotatable bonds is 3. The fourth-order valence-corrected chi connectivity index (χ4v) is 3.49. The maximum absolute atomic E-state index is 12.2. The van der Waals surface area contributed by atoms with Gasteiger partial charge in [0.25, 0.3) is 0 Å². The van der Waals surface area contributed by atoms with Crippen LogP contribution in [-0.4, -0.2) is 27.7 Å². The predicted octanol–water partition coefficient (Wildman–Crippen LogP) is 1.21. The summed E-state index contributed by atoms with van der Waals surface area (Å²) in [5.41, 5.74) is 0.674. The van der Waals surface area contributed by atoms with Gasteiger partial charge in [0.15, 0.2) is 11.5 Å². The molecular formula is C12H15NO4S. The quantitative estimate of drug-likeness (QED) is 0.895. The predicted molar refractivity (Wildman–Crippen MR) is 65.5 cm³/mol. The second-order valence-corrected chi connectivity index (χ2v) is 6.34. The van der Waals surface area contributed by atoms with Crippen molar-refractivity contribution in [2.24, 2.45) is 0 Å². The summed E-state index contributed by atoms with van der Waals surface area (Å²) in [6.45, 7) is 2.71. The first-order valence-corrected chi connectivity index (χ1v) is 7.47. The van der Waals surface area contributed by atoms with Crippen LogP contribution in [0.25, 0.3) is 0 Å². The third kappa shape index (κ3) is 2.18. The number of hydrogen-bond acceptors (Lipinski definition) is 4. The van der Waals surface area contributed by atoms with Crippen LogP contribution < -0.4 is 14.2 Å². The van der Waals surface area contributed by atoms with Crippen LogP contribution in [0.3, 0.4) is 0 Å². The minimum atomic E-state index is -3.45. The maximum atomic E-state index is 12.2. The molecule has 0 radical (unpaired) electrons. The lowest BCUT2D eigenvalue weighted by molar-refractivity contribution is 0.171. The first-order chi connectivity index (χ1) is 8.56. The fourth-order valence-electron chi connectivity index (χ4n) is 1.95. The van der Waals surface area contributed by atoms with E-state index in [1.165, 1.54) is 0 Å². The zero-order valence-corrected chi connectivity index (χ0v) is 10.9. The standard InChI is InChI=1S/C12H15NO4S/c1-8-6-10-11(17-5-4-16-10)7-12(8)18(14,15)13-9-2-3-9/h6-7,9,13H,2-5H2,1H3. The van der Waals surface area contributed by atoms with Gasteiger partial charge >= 0.3 is 0 Å². The van der Waals surface area contributed by atoms with E-state index < -0.39 is 10.0 Å². The third-order valence-corrected chi connectivity index (χ3v) is 4.69. The Bertz CT molecular complexity index is 578. The number of benzene rings is 1. The van der Waals surface area contributed by atoms with Gasteiger partial charge in [0.05, 0.1) is 4.90 Å². The summed E-state index contributed by atoms with van der Waals surface area (Å²) in [6.07, 6.45) is 1.84.